The van der Waals surface area contributed by atoms with Crippen LogP contribution in [0.3, 0.4) is 0 Å². The molecule has 6 N–H and O–H groups in total. The quantitative estimate of drug-likeness (QED) is 0.111. The van der Waals surface area contributed by atoms with Gasteiger partial charge in [0, 0.05) is 66.1 Å². The number of nitrogens with two attached hydrogens (primary N) is 2. The molecule has 0 spiro atoms. The van der Waals surface area contributed by atoms with Crippen molar-refractivity contribution in [1.82, 2.24) is 24.8 Å². The highest BCUT2D eigenvalue weighted by molar-refractivity contribution is 5.85. The number of carbonyl (C=O) groups is 1. The van der Waals surface area contributed by atoms with Crippen LogP contribution < -0.4 is 16.3 Å². The molecule has 2 atom stereocenters. The van der Waals surface area contributed by atoms with Gasteiger partial charge in [-0.1, -0.05) is 57.9 Å². The molecule has 5 aromatic rings. The molecule has 1 aliphatic rings. The molecule has 3 aromatic carbocycles. The summed E-state index contributed by atoms with van der Waals surface area (Å²) in [6.45, 7) is 8.28. The molecule has 0 aliphatic carbocycles. The summed E-state index contributed by atoms with van der Waals surface area (Å²) in [5.74, 6) is 6.33. The molecule has 0 amide bonds. The predicted molar refractivity (Wildman–Crippen MR) is 199 cm³/mol. The van der Waals surface area contributed by atoms with Crippen molar-refractivity contribution in [3.63, 3.8) is 0 Å². The average Bonchev–Trinajstić information content (AvgIpc) is 3.76. The van der Waals surface area contributed by atoms with Gasteiger partial charge >= 0.3 is 0 Å². The molecule has 2 unspecified atom stereocenters. The van der Waals surface area contributed by atoms with Crippen LogP contribution in [-0.4, -0.2) is 43.3 Å². The van der Waals surface area contributed by atoms with E-state index in [0.29, 0.717) is 41.3 Å². The Kier molecular flexibility index (Phi) is 11.5. The first-order chi connectivity index (χ1) is 24.8. The molecule has 52 heavy (non-hydrogen) atoms. The lowest BCUT2D eigenvalue weighted by Gasteiger charge is -2.30. The maximum Gasteiger partial charge on any atom is 0.168 e. The summed E-state index contributed by atoms with van der Waals surface area (Å²) in [5, 5.41) is 14.1. The van der Waals surface area contributed by atoms with Crippen LogP contribution in [0.15, 0.2) is 72.7 Å². The van der Waals surface area contributed by atoms with Crippen LogP contribution in [0.1, 0.15) is 75.9 Å². The van der Waals surface area contributed by atoms with Crippen molar-refractivity contribution in [1.29, 1.82) is 0 Å². The van der Waals surface area contributed by atoms with E-state index in [-0.39, 0.29) is 34.9 Å². The number of benzene rings is 3. The Morgan fingerprint density at radius 3 is 2.56 bits per heavy atom. The molecule has 276 valence electrons. The second-order valence-electron chi connectivity index (χ2n) is 14.4. The summed E-state index contributed by atoms with van der Waals surface area (Å²) in [7, 11) is 2.73. The first kappa shape index (κ1) is 38.2. The van der Waals surface area contributed by atoms with Gasteiger partial charge in [0.05, 0.1) is 17.5 Å². The van der Waals surface area contributed by atoms with Crippen LogP contribution in [-0.2, 0) is 30.2 Å². The zero-order valence-corrected chi connectivity index (χ0v) is 30.7. The Hall–Kier alpha value is -5.07. The van der Waals surface area contributed by atoms with Crippen LogP contribution in [0.4, 0.5) is 8.78 Å². The zero-order valence-electron chi connectivity index (χ0n) is 30.7. The van der Waals surface area contributed by atoms with Crippen molar-refractivity contribution >= 4 is 17.2 Å². The highest BCUT2D eigenvalue weighted by Gasteiger charge is 2.35. The molecule has 0 saturated carbocycles. The number of aldehydes is 1. The number of nitrogens with zero attached hydrogens (tertiary/aromatic N) is 4. The summed E-state index contributed by atoms with van der Waals surface area (Å²) in [6.07, 6.45) is 8.18. The third-order valence-electron chi connectivity index (χ3n) is 10.0. The Labute approximate surface area is 303 Å². The molecule has 2 aromatic heterocycles. The molecule has 3 heterocycles. The van der Waals surface area contributed by atoms with E-state index >= 15 is 8.78 Å². The van der Waals surface area contributed by atoms with Crippen LogP contribution in [0.25, 0.3) is 22.3 Å². The van der Waals surface area contributed by atoms with Crippen molar-refractivity contribution in [2.75, 3.05) is 7.11 Å². The fourth-order valence-electron chi connectivity index (χ4n) is 6.82. The maximum absolute atomic E-state index is 15.8. The van der Waals surface area contributed by atoms with Gasteiger partial charge in [0.15, 0.2) is 23.2 Å². The standard InChI is InChI=1S/C39H45F2N7O2.CH4O/c1-24(23-49)17-25-9-8-10-26(18-25)39(4)15-7-6-14-38(2,3)34(42)22-48(43)21-30-28-13-16-44-33(28)20-32(41)35(30)50-27-11-12-31(40)29(19-27)36-45-37(39)46-47(36)5;1-2/h8-13,16,18-20,22-24,44H,6-7,14-15,17,21,42-43H2,1-5H3;2H,1H3/b34-22-;. The second-order valence-corrected chi connectivity index (χ2v) is 14.4. The van der Waals surface area contributed by atoms with E-state index in [4.69, 9.17) is 31.5 Å². The molecule has 6 rings (SSSR count). The number of ether oxygens (including phenoxy) is 1. The molecule has 0 saturated heterocycles. The molecule has 0 fully saturated rings. The molecular formula is C40H49F2N7O3. The van der Waals surface area contributed by atoms with Gasteiger partial charge < -0.3 is 30.4 Å². The van der Waals surface area contributed by atoms with E-state index in [0.717, 1.165) is 49.2 Å². The Morgan fingerprint density at radius 1 is 1.06 bits per heavy atom. The number of carbonyl (C=O) groups excluding carboxylic acids is 1. The van der Waals surface area contributed by atoms with E-state index in [1.165, 1.54) is 29.3 Å². The summed E-state index contributed by atoms with van der Waals surface area (Å²) in [6, 6.07) is 15.7. The van der Waals surface area contributed by atoms with Gasteiger partial charge in [-0.25, -0.2) is 24.3 Å². The lowest BCUT2D eigenvalue weighted by atomic mass is 9.75. The van der Waals surface area contributed by atoms with Gasteiger partial charge in [0.1, 0.15) is 17.9 Å². The zero-order chi connectivity index (χ0) is 37.8. The van der Waals surface area contributed by atoms with Crippen LogP contribution in [0.5, 0.6) is 11.5 Å². The minimum absolute atomic E-state index is 0.0238. The van der Waals surface area contributed by atoms with Gasteiger partial charge in [-0.3, -0.25) is 0 Å². The largest absolute Gasteiger partial charge is 0.454 e. The molecule has 10 nitrogen and oxygen atoms in total. The van der Waals surface area contributed by atoms with Crippen molar-refractivity contribution in [2.45, 2.75) is 71.8 Å². The van der Waals surface area contributed by atoms with Crippen molar-refractivity contribution in [3.8, 4) is 22.9 Å². The predicted octanol–water partition coefficient (Wildman–Crippen LogP) is 7.40. The summed E-state index contributed by atoms with van der Waals surface area (Å²) >= 11 is 0. The number of fused-ring (bicyclic) bond motifs is 8. The minimum Gasteiger partial charge on any atom is -0.454 e. The molecule has 4 bridgehead atoms. The van der Waals surface area contributed by atoms with Crippen molar-refractivity contribution in [2.24, 2.45) is 30.0 Å². The van der Waals surface area contributed by atoms with E-state index < -0.39 is 17.0 Å². The van der Waals surface area contributed by atoms with Crippen LogP contribution in [0.2, 0.25) is 0 Å². The Balaban J connectivity index is 0.00000257. The second kappa shape index (κ2) is 15.7. The van der Waals surface area contributed by atoms with Gasteiger partial charge in [-0.05, 0) is 61.6 Å². The van der Waals surface area contributed by atoms with Crippen molar-refractivity contribution < 1.29 is 23.4 Å². The highest BCUT2D eigenvalue weighted by atomic mass is 19.1. The third-order valence-corrected chi connectivity index (χ3v) is 10.0. The lowest BCUT2D eigenvalue weighted by Crippen LogP contribution is -2.30. The minimum atomic E-state index is -0.645. The number of aryl methyl sites for hydroxylation is 1. The van der Waals surface area contributed by atoms with Crippen LogP contribution >= 0.6 is 0 Å². The monoisotopic (exact) mass is 713 g/mol. The Morgan fingerprint density at radius 2 is 1.81 bits per heavy atom. The number of halogens is 2. The van der Waals surface area contributed by atoms with Gasteiger partial charge in [-0.2, -0.15) is 5.10 Å². The molecule has 12 heteroatoms. The number of hydrogen-bond donors (Lipinski definition) is 4. The first-order valence-corrected chi connectivity index (χ1v) is 17.5. The summed E-state index contributed by atoms with van der Waals surface area (Å²) in [5.41, 5.74) is 9.56. The number of allylic oxidation sites excluding steroid dienone is 1. The first-order valence-electron chi connectivity index (χ1n) is 17.5. The topological polar surface area (TPSA) is 148 Å². The summed E-state index contributed by atoms with van der Waals surface area (Å²) in [4.78, 5) is 19.5. The van der Waals surface area contributed by atoms with Gasteiger partial charge in [0.2, 0.25) is 0 Å². The van der Waals surface area contributed by atoms with Crippen molar-refractivity contribution in [3.05, 3.63) is 107 Å². The van der Waals surface area contributed by atoms with E-state index in [1.807, 2.05) is 25.1 Å². The van der Waals surface area contributed by atoms with Gasteiger partial charge in [0.25, 0.3) is 0 Å². The van der Waals surface area contributed by atoms with Crippen LogP contribution in [0, 0.1) is 23.0 Å². The van der Waals surface area contributed by atoms with E-state index in [1.54, 1.807) is 24.1 Å². The van der Waals surface area contributed by atoms with Gasteiger partial charge in [-0.15, -0.1) is 0 Å². The fraction of sp³-hybridized carbons (Fsp3) is 0.375. The number of H-pyrrole nitrogens is 1. The van der Waals surface area contributed by atoms with E-state index in [9.17, 15) is 4.79 Å². The number of aliphatic hydroxyl groups is 1. The normalized spacial score (nSPS) is 19.4. The number of hydrazine groups is 1. The number of aromatic amines is 1. The molecule has 0 radical (unpaired) electrons. The average molecular weight is 714 g/mol. The molecule has 1 aliphatic heterocycles. The molecular weight excluding hydrogens is 664 g/mol. The number of aromatic nitrogens is 4. The number of nitrogens with one attached hydrogen (secondary N) is 1. The number of rotatable bonds is 4. The maximum atomic E-state index is 15.8. The lowest BCUT2D eigenvalue weighted by molar-refractivity contribution is -0.110. The smallest absolute Gasteiger partial charge is 0.168 e. The summed E-state index contributed by atoms with van der Waals surface area (Å²) < 4.78 is 39.2. The number of aliphatic hydroxyl groups excluding tert-OH is 1. The van der Waals surface area contributed by atoms with E-state index in [2.05, 4.69) is 37.9 Å². The SMILES string of the molecule is CC(C=O)Cc1cccc(C2(C)CCCCC(C)(C)/C(N)=C/N(N)Cc3c(c(F)cc4[nH]ccc34)Oc3ccc(F)c(c3)-c3nc2nn3C)c1.CO. The third kappa shape index (κ3) is 7.88. The highest BCUT2D eigenvalue weighted by Crippen LogP contribution is 2.40. The number of hydrogen-bond acceptors (Lipinski definition) is 8. The fourth-order valence-corrected chi connectivity index (χ4v) is 6.82. The Bertz CT molecular complexity index is 2070.